The van der Waals surface area contributed by atoms with Crippen LogP contribution in [0.3, 0.4) is 0 Å². The summed E-state index contributed by atoms with van der Waals surface area (Å²) in [7, 11) is -2.53. The molecule has 0 aromatic heterocycles. The first-order chi connectivity index (χ1) is 18.0. The van der Waals surface area contributed by atoms with Crippen LogP contribution in [0, 0.1) is 12.7 Å². The van der Waals surface area contributed by atoms with Crippen molar-refractivity contribution in [2.75, 3.05) is 24.6 Å². The van der Waals surface area contributed by atoms with E-state index in [-0.39, 0.29) is 16.5 Å². The quantitative estimate of drug-likeness (QED) is 0.334. The first-order valence-corrected chi connectivity index (χ1v) is 13.9. The van der Waals surface area contributed by atoms with E-state index in [0.29, 0.717) is 12.4 Å². The lowest BCUT2D eigenvalue weighted by molar-refractivity contribution is -0.120. The number of amides is 1. The molecule has 0 aliphatic rings. The van der Waals surface area contributed by atoms with E-state index >= 15 is 0 Å². The Morgan fingerprint density at radius 1 is 1.00 bits per heavy atom. The molecule has 3 aromatic carbocycles. The summed E-state index contributed by atoms with van der Waals surface area (Å²) in [6, 6.07) is 14.5. The Labute approximate surface area is 224 Å². The molecule has 1 atom stereocenters. The minimum Gasteiger partial charge on any atom is -0.496 e. The second-order valence-electron chi connectivity index (χ2n) is 9.29. The average molecular weight is 543 g/mol. The van der Waals surface area contributed by atoms with Crippen LogP contribution in [0.4, 0.5) is 10.1 Å². The molecular weight excluding hydrogens is 507 g/mol. The number of carbonyl (C=O) groups excluding carboxylic acids is 1. The number of anilines is 1. The number of hydrogen-bond acceptors (Lipinski definition) is 5. The van der Waals surface area contributed by atoms with E-state index in [1.54, 1.807) is 19.2 Å². The van der Waals surface area contributed by atoms with E-state index in [1.807, 2.05) is 32.9 Å². The molecule has 0 radical (unpaired) electrons. The smallest absolute Gasteiger partial charge is 0.264 e. The Morgan fingerprint density at radius 3 is 2.18 bits per heavy atom. The summed E-state index contributed by atoms with van der Waals surface area (Å²) in [5.74, 6) is 0.505. The van der Waals surface area contributed by atoms with Crippen LogP contribution in [0.25, 0.3) is 0 Å². The standard InChI is InChI=1S/C29H35FN2O5S/c1-7-37-24-12-14-25(15-13-24)38(34,35)32(23-10-8-22(30)9-11-23)18-29(33)31-21(5)27-17-26(19(2)3)28(36-6)16-20(27)4/h8-17,19,21H,7,18H2,1-6H3,(H,31,33)/t21-/m0/s1. The van der Waals surface area contributed by atoms with Gasteiger partial charge in [0.1, 0.15) is 23.9 Å². The number of carbonyl (C=O) groups is 1. The predicted octanol–water partition coefficient (Wildman–Crippen LogP) is 5.74. The van der Waals surface area contributed by atoms with E-state index in [9.17, 15) is 17.6 Å². The van der Waals surface area contributed by atoms with Gasteiger partial charge in [0.15, 0.2) is 0 Å². The molecule has 0 aliphatic heterocycles. The Hall–Kier alpha value is -3.59. The van der Waals surface area contributed by atoms with Crippen LogP contribution in [-0.4, -0.2) is 34.6 Å². The van der Waals surface area contributed by atoms with Gasteiger partial charge in [0, 0.05) is 0 Å². The number of methoxy groups -OCH3 is 1. The molecule has 204 valence electrons. The SMILES string of the molecule is CCOc1ccc(S(=O)(=O)N(CC(=O)N[C@@H](C)c2cc(C(C)C)c(OC)cc2C)c2ccc(F)cc2)cc1. The van der Waals surface area contributed by atoms with Gasteiger partial charge in [0.25, 0.3) is 10.0 Å². The Bertz CT molecular complexity index is 1360. The third-order valence-electron chi connectivity index (χ3n) is 6.21. The van der Waals surface area contributed by atoms with Crippen molar-refractivity contribution in [2.45, 2.75) is 51.5 Å². The molecule has 0 saturated heterocycles. The molecular formula is C29H35FN2O5S. The van der Waals surface area contributed by atoms with Crippen LogP contribution >= 0.6 is 0 Å². The van der Waals surface area contributed by atoms with Crippen molar-refractivity contribution in [3.05, 3.63) is 83.2 Å². The lowest BCUT2D eigenvalue weighted by Gasteiger charge is -2.26. The lowest BCUT2D eigenvalue weighted by Crippen LogP contribution is -2.41. The molecule has 0 heterocycles. The van der Waals surface area contributed by atoms with Crippen LogP contribution in [0.1, 0.15) is 56.3 Å². The van der Waals surface area contributed by atoms with Crippen molar-refractivity contribution in [3.8, 4) is 11.5 Å². The predicted molar refractivity (Wildman–Crippen MR) is 147 cm³/mol. The van der Waals surface area contributed by atoms with Gasteiger partial charge in [-0.1, -0.05) is 13.8 Å². The number of rotatable bonds is 11. The maximum absolute atomic E-state index is 13.6. The Balaban J connectivity index is 1.90. The summed E-state index contributed by atoms with van der Waals surface area (Å²) in [6.45, 7) is 9.69. The monoisotopic (exact) mass is 542 g/mol. The molecule has 0 fully saturated rings. The fourth-order valence-corrected chi connectivity index (χ4v) is 5.65. The molecule has 7 nitrogen and oxygen atoms in total. The maximum Gasteiger partial charge on any atom is 0.264 e. The Kier molecular flexibility index (Phi) is 9.38. The molecule has 38 heavy (non-hydrogen) atoms. The molecule has 0 saturated carbocycles. The third-order valence-corrected chi connectivity index (χ3v) is 8.00. The average Bonchev–Trinajstić information content (AvgIpc) is 2.87. The largest absolute Gasteiger partial charge is 0.496 e. The number of aryl methyl sites for hydroxylation is 1. The first-order valence-electron chi connectivity index (χ1n) is 12.5. The Morgan fingerprint density at radius 2 is 1.63 bits per heavy atom. The van der Waals surface area contributed by atoms with Gasteiger partial charge in [0.2, 0.25) is 5.91 Å². The molecule has 3 aromatic rings. The first kappa shape index (κ1) is 29.0. The lowest BCUT2D eigenvalue weighted by atomic mass is 9.93. The van der Waals surface area contributed by atoms with Crippen LogP contribution < -0.4 is 19.1 Å². The van der Waals surface area contributed by atoms with E-state index in [0.717, 1.165) is 38.9 Å². The van der Waals surface area contributed by atoms with Gasteiger partial charge in [-0.25, -0.2) is 12.8 Å². The summed E-state index contributed by atoms with van der Waals surface area (Å²) in [5, 5.41) is 2.92. The normalized spacial score (nSPS) is 12.2. The van der Waals surface area contributed by atoms with Crippen molar-refractivity contribution in [3.63, 3.8) is 0 Å². The zero-order valence-electron chi connectivity index (χ0n) is 22.6. The number of nitrogens with zero attached hydrogens (tertiary/aromatic N) is 1. The second kappa shape index (κ2) is 12.3. The minimum atomic E-state index is -4.15. The number of halogens is 1. The number of benzene rings is 3. The van der Waals surface area contributed by atoms with Crippen LogP contribution in [-0.2, 0) is 14.8 Å². The highest BCUT2D eigenvalue weighted by Crippen LogP contribution is 2.32. The fraction of sp³-hybridized carbons (Fsp3) is 0.345. The van der Waals surface area contributed by atoms with Crippen molar-refractivity contribution < 1.29 is 27.1 Å². The third kappa shape index (κ3) is 6.64. The maximum atomic E-state index is 13.6. The minimum absolute atomic E-state index is 0.0151. The van der Waals surface area contributed by atoms with E-state index in [2.05, 4.69) is 19.2 Å². The van der Waals surface area contributed by atoms with Crippen molar-refractivity contribution >= 4 is 21.6 Å². The molecule has 0 spiro atoms. The number of nitrogens with one attached hydrogen (secondary N) is 1. The second-order valence-corrected chi connectivity index (χ2v) is 11.1. The van der Waals surface area contributed by atoms with E-state index in [1.165, 1.54) is 24.3 Å². The van der Waals surface area contributed by atoms with Crippen LogP contribution in [0.5, 0.6) is 11.5 Å². The van der Waals surface area contributed by atoms with Crippen molar-refractivity contribution in [1.29, 1.82) is 0 Å². The molecule has 9 heteroatoms. The highest BCUT2D eigenvalue weighted by Gasteiger charge is 2.28. The molecule has 0 bridgehead atoms. The number of sulfonamides is 1. The van der Waals surface area contributed by atoms with Crippen molar-refractivity contribution in [2.24, 2.45) is 0 Å². The molecule has 1 amide bonds. The molecule has 3 rings (SSSR count). The van der Waals surface area contributed by atoms with E-state index in [4.69, 9.17) is 9.47 Å². The zero-order chi connectivity index (χ0) is 28.0. The summed E-state index contributed by atoms with van der Waals surface area (Å²) in [4.78, 5) is 13.2. The molecule has 0 aliphatic carbocycles. The highest BCUT2D eigenvalue weighted by atomic mass is 32.2. The highest BCUT2D eigenvalue weighted by molar-refractivity contribution is 7.92. The van der Waals surface area contributed by atoms with Gasteiger partial charge in [-0.05, 0) is 104 Å². The van der Waals surface area contributed by atoms with Gasteiger partial charge in [0.05, 0.1) is 30.3 Å². The molecule has 1 N–H and O–H groups in total. The van der Waals surface area contributed by atoms with Gasteiger partial charge < -0.3 is 14.8 Å². The molecule has 0 unspecified atom stereocenters. The van der Waals surface area contributed by atoms with Gasteiger partial charge >= 0.3 is 0 Å². The summed E-state index contributed by atoms with van der Waals surface area (Å²) < 4.78 is 52.8. The summed E-state index contributed by atoms with van der Waals surface area (Å²) in [5.41, 5.74) is 3.04. The van der Waals surface area contributed by atoms with Crippen LogP contribution in [0.2, 0.25) is 0 Å². The van der Waals surface area contributed by atoms with Gasteiger partial charge in [-0.15, -0.1) is 0 Å². The van der Waals surface area contributed by atoms with Gasteiger partial charge in [-0.2, -0.15) is 0 Å². The number of hydrogen-bond donors (Lipinski definition) is 1. The zero-order valence-corrected chi connectivity index (χ0v) is 23.4. The fourth-order valence-electron chi connectivity index (χ4n) is 4.23. The van der Waals surface area contributed by atoms with Crippen LogP contribution in [0.15, 0.2) is 65.6 Å². The topological polar surface area (TPSA) is 84.9 Å². The van der Waals surface area contributed by atoms with E-state index < -0.39 is 34.3 Å². The number of ether oxygens (including phenoxy) is 2. The summed E-state index contributed by atoms with van der Waals surface area (Å²) >= 11 is 0. The van der Waals surface area contributed by atoms with Crippen molar-refractivity contribution in [1.82, 2.24) is 5.32 Å². The summed E-state index contributed by atoms with van der Waals surface area (Å²) in [6.07, 6.45) is 0. The van der Waals surface area contributed by atoms with Gasteiger partial charge in [-0.3, -0.25) is 9.10 Å².